The SMILES string of the molecule is CC(C)(C)C1CCc2c(sc(NC(=O)/C=C/c3ccc([N+](=O)[O-])cc3)c2C#N)C1. The Morgan fingerprint density at radius 1 is 1.34 bits per heavy atom. The highest BCUT2D eigenvalue weighted by Gasteiger charge is 2.32. The predicted molar refractivity (Wildman–Crippen MR) is 115 cm³/mol. The summed E-state index contributed by atoms with van der Waals surface area (Å²) in [6, 6.07) is 8.21. The molecule has 3 rings (SSSR count). The maximum absolute atomic E-state index is 12.4. The van der Waals surface area contributed by atoms with E-state index in [2.05, 4.69) is 32.2 Å². The molecule has 0 spiro atoms. The summed E-state index contributed by atoms with van der Waals surface area (Å²) in [7, 11) is 0. The van der Waals surface area contributed by atoms with Gasteiger partial charge in [-0.2, -0.15) is 5.26 Å². The number of hydrogen-bond donors (Lipinski definition) is 1. The molecule has 1 heterocycles. The molecule has 1 atom stereocenters. The van der Waals surface area contributed by atoms with Gasteiger partial charge in [0.25, 0.3) is 5.69 Å². The zero-order chi connectivity index (χ0) is 21.2. The van der Waals surface area contributed by atoms with Crippen molar-refractivity contribution in [1.82, 2.24) is 0 Å². The van der Waals surface area contributed by atoms with E-state index < -0.39 is 4.92 Å². The van der Waals surface area contributed by atoms with Crippen LogP contribution in [0.15, 0.2) is 30.3 Å². The van der Waals surface area contributed by atoms with Crippen molar-refractivity contribution in [3.63, 3.8) is 0 Å². The van der Waals surface area contributed by atoms with Gasteiger partial charge in [0.15, 0.2) is 0 Å². The highest BCUT2D eigenvalue weighted by molar-refractivity contribution is 7.16. The van der Waals surface area contributed by atoms with Gasteiger partial charge in [0.1, 0.15) is 11.1 Å². The van der Waals surface area contributed by atoms with Gasteiger partial charge in [0.2, 0.25) is 5.91 Å². The summed E-state index contributed by atoms with van der Waals surface area (Å²) in [5, 5.41) is 23.7. The summed E-state index contributed by atoms with van der Waals surface area (Å²) >= 11 is 1.50. The van der Waals surface area contributed by atoms with Crippen LogP contribution in [0.4, 0.5) is 10.7 Å². The summed E-state index contributed by atoms with van der Waals surface area (Å²) in [5.41, 5.74) is 2.56. The topological polar surface area (TPSA) is 96.0 Å². The van der Waals surface area contributed by atoms with Crippen LogP contribution in [-0.4, -0.2) is 10.8 Å². The molecule has 0 aliphatic heterocycles. The number of anilines is 1. The fourth-order valence-corrected chi connectivity index (χ4v) is 4.84. The summed E-state index contributed by atoms with van der Waals surface area (Å²) < 4.78 is 0. The standard InChI is InChI=1S/C22H23N3O3S/c1-22(2,3)15-7-10-17-18(13-23)21(29-19(17)12-15)24-20(26)11-6-14-4-8-16(9-5-14)25(27)28/h4-6,8-9,11,15H,7,10,12H2,1-3H3,(H,24,26)/b11-6+. The lowest BCUT2D eigenvalue weighted by atomic mass is 9.72. The minimum Gasteiger partial charge on any atom is -0.313 e. The minimum absolute atomic E-state index is 0.00277. The maximum atomic E-state index is 12.4. The first-order valence-corrected chi connectivity index (χ1v) is 10.3. The Bertz CT molecular complexity index is 1010. The van der Waals surface area contributed by atoms with Crippen molar-refractivity contribution in [2.75, 3.05) is 5.32 Å². The summed E-state index contributed by atoms with van der Waals surface area (Å²) in [5.74, 6) is 0.233. The molecule has 2 aromatic rings. The summed E-state index contributed by atoms with van der Waals surface area (Å²) in [6.45, 7) is 6.73. The van der Waals surface area contributed by atoms with Gasteiger partial charge >= 0.3 is 0 Å². The monoisotopic (exact) mass is 409 g/mol. The number of nitrogens with one attached hydrogen (secondary N) is 1. The van der Waals surface area contributed by atoms with Crippen molar-refractivity contribution in [2.45, 2.75) is 40.0 Å². The number of nitriles is 1. The second-order valence-electron chi connectivity index (χ2n) is 8.30. The lowest BCUT2D eigenvalue weighted by Gasteiger charge is -2.33. The van der Waals surface area contributed by atoms with Crippen molar-refractivity contribution < 1.29 is 9.72 Å². The third-order valence-electron chi connectivity index (χ3n) is 5.37. The fraction of sp³-hybridized carbons (Fsp3) is 0.364. The van der Waals surface area contributed by atoms with Gasteiger partial charge in [-0.25, -0.2) is 0 Å². The van der Waals surface area contributed by atoms with Gasteiger partial charge in [-0.05, 0) is 59.9 Å². The molecule has 1 aliphatic carbocycles. The molecule has 1 amide bonds. The van der Waals surface area contributed by atoms with Crippen molar-refractivity contribution in [3.05, 3.63) is 62.0 Å². The first-order chi connectivity index (χ1) is 13.7. The van der Waals surface area contributed by atoms with E-state index in [-0.39, 0.29) is 17.0 Å². The molecule has 0 saturated carbocycles. The zero-order valence-corrected chi connectivity index (χ0v) is 17.5. The number of nitrogens with zero attached hydrogens (tertiary/aromatic N) is 2. The van der Waals surface area contributed by atoms with E-state index in [4.69, 9.17) is 0 Å². The molecule has 0 radical (unpaired) electrons. The zero-order valence-electron chi connectivity index (χ0n) is 16.7. The Balaban J connectivity index is 1.73. The molecule has 150 valence electrons. The van der Waals surface area contributed by atoms with E-state index in [9.17, 15) is 20.2 Å². The smallest absolute Gasteiger partial charge is 0.269 e. The van der Waals surface area contributed by atoms with Crippen LogP contribution in [0.3, 0.4) is 0 Å². The van der Waals surface area contributed by atoms with Gasteiger partial charge in [-0.1, -0.05) is 20.8 Å². The minimum atomic E-state index is -0.466. The average molecular weight is 410 g/mol. The van der Waals surface area contributed by atoms with Crippen molar-refractivity contribution in [2.24, 2.45) is 11.3 Å². The second-order valence-corrected chi connectivity index (χ2v) is 9.40. The third-order valence-corrected chi connectivity index (χ3v) is 6.54. The normalized spacial score (nSPS) is 16.3. The molecule has 1 aromatic carbocycles. The number of nitro groups is 1. The molecular formula is C22H23N3O3S. The summed E-state index contributed by atoms with van der Waals surface area (Å²) in [4.78, 5) is 23.8. The van der Waals surface area contributed by atoms with Crippen LogP contribution >= 0.6 is 11.3 Å². The molecule has 6 nitrogen and oxygen atoms in total. The van der Waals surface area contributed by atoms with E-state index in [1.807, 2.05) is 0 Å². The lowest BCUT2D eigenvalue weighted by molar-refractivity contribution is -0.384. The number of carbonyl (C=O) groups excluding carboxylic acids is 1. The molecule has 1 N–H and O–H groups in total. The van der Waals surface area contributed by atoms with Crippen LogP contribution in [0.2, 0.25) is 0 Å². The Labute approximate surface area is 174 Å². The third kappa shape index (κ3) is 4.72. The average Bonchev–Trinajstić information content (AvgIpc) is 3.02. The second kappa shape index (κ2) is 8.18. The van der Waals surface area contributed by atoms with Crippen molar-refractivity contribution >= 4 is 34.0 Å². The predicted octanol–water partition coefficient (Wildman–Crippen LogP) is 5.33. The molecular weight excluding hydrogens is 386 g/mol. The number of thiophene rings is 1. The van der Waals surface area contributed by atoms with E-state index in [1.54, 1.807) is 18.2 Å². The molecule has 1 aliphatic rings. The van der Waals surface area contributed by atoms with E-state index in [0.29, 0.717) is 22.0 Å². The quantitative estimate of drug-likeness (QED) is 0.419. The molecule has 7 heteroatoms. The lowest BCUT2D eigenvalue weighted by Crippen LogP contribution is -2.26. The van der Waals surface area contributed by atoms with E-state index in [1.165, 1.54) is 34.4 Å². The first kappa shape index (κ1) is 20.7. The number of benzene rings is 1. The van der Waals surface area contributed by atoms with Gasteiger partial charge in [0, 0.05) is 23.1 Å². The highest BCUT2D eigenvalue weighted by Crippen LogP contribution is 2.43. The van der Waals surface area contributed by atoms with Gasteiger partial charge in [-0.3, -0.25) is 14.9 Å². The van der Waals surface area contributed by atoms with Gasteiger partial charge < -0.3 is 5.32 Å². The molecule has 1 unspecified atom stereocenters. The van der Waals surface area contributed by atoms with Gasteiger partial charge in [-0.15, -0.1) is 11.3 Å². The highest BCUT2D eigenvalue weighted by atomic mass is 32.1. The number of amides is 1. The molecule has 0 fully saturated rings. The Kier molecular flexibility index (Phi) is 5.85. The van der Waals surface area contributed by atoms with Crippen LogP contribution in [0.1, 0.15) is 48.8 Å². The van der Waals surface area contributed by atoms with Crippen LogP contribution in [0.5, 0.6) is 0 Å². The summed E-state index contributed by atoms with van der Waals surface area (Å²) in [6.07, 6.45) is 5.82. The van der Waals surface area contributed by atoms with Crippen molar-refractivity contribution in [1.29, 1.82) is 5.26 Å². The number of hydrogen-bond acceptors (Lipinski definition) is 5. The number of carbonyl (C=O) groups is 1. The van der Waals surface area contributed by atoms with E-state index >= 15 is 0 Å². The van der Waals surface area contributed by atoms with Crippen LogP contribution in [-0.2, 0) is 17.6 Å². The van der Waals surface area contributed by atoms with Crippen LogP contribution < -0.4 is 5.32 Å². The van der Waals surface area contributed by atoms with Crippen LogP contribution in [0, 0.1) is 32.8 Å². The van der Waals surface area contributed by atoms with E-state index in [0.717, 1.165) is 24.8 Å². The maximum Gasteiger partial charge on any atom is 0.269 e. The molecule has 1 aromatic heterocycles. The Morgan fingerprint density at radius 2 is 2.03 bits per heavy atom. The molecule has 0 saturated heterocycles. The van der Waals surface area contributed by atoms with Crippen LogP contribution in [0.25, 0.3) is 6.08 Å². The first-order valence-electron chi connectivity index (χ1n) is 9.47. The molecule has 0 bridgehead atoms. The number of rotatable bonds is 4. The fourth-order valence-electron chi connectivity index (χ4n) is 3.56. The number of nitro benzene ring substituents is 1. The Hall–Kier alpha value is -2.98. The van der Waals surface area contributed by atoms with Crippen molar-refractivity contribution in [3.8, 4) is 6.07 Å². The van der Waals surface area contributed by atoms with Gasteiger partial charge in [0.05, 0.1) is 10.5 Å². The number of fused-ring (bicyclic) bond motifs is 1. The molecule has 29 heavy (non-hydrogen) atoms. The number of non-ortho nitro benzene ring substituents is 1. The largest absolute Gasteiger partial charge is 0.313 e. The Morgan fingerprint density at radius 3 is 2.62 bits per heavy atom.